The van der Waals surface area contributed by atoms with Crippen LogP contribution in [0, 0.1) is 20.8 Å². The second-order valence-corrected chi connectivity index (χ2v) is 8.13. The van der Waals surface area contributed by atoms with Crippen molar-refractivity contribution < 1.29 is 18.6 Å². The molecule has 3 aromatic rings. The average Bonchev–Trinajstić information content (AvgIpc) is 3.44. The third-order valence-electron chi connectivity index (χ3n) is 6.14. The molecule has 1 atom stereocenters. The van der Waals surface area contributed by atoms with Crippen LogP contribution in [0.1, 0.15) is 34.3 Å². The molecule has 158 valence electrons. The van der Waals surface area contributed by atoms with Gasteiger partial charge in [0.25, 0.3) is 5.91 Å². The van der Waals surface area contributed by atoms with Gasteiger partial charge in [0.1, 0.15) is 23.7 Å². The first-order valence-corrected chi connectivity index (χ1v) is 10.2. The molecule has 5 rings (SSSR count). The highest BCUT2D eigenvalue weighted by Crippen LogP contribution is 2.35. The first-order chi connectivity index (χ1) is 14.9. The Morgan fingerprint density at radius 2 is 1.94 bits per heavy atom. The number of amidine groups is 1. The molecular weight excluding hydrogens is 394 g/mol. The van der Waals surface area contributed by atoms with Gasteiger partial charge in [0, 0.05) is 7.05 Å². The highest BCUT2D eigenvalue weighted by atomic mass is 16.3. The maximum absolute atomic E-state index is 13.6. The van der Waals surface area contributed by atoms with Crippen molar-refractivity contribution in [1.82, 2.24) is 14.4 Å². The molecule has 2 aromatic heterocycles. The molecule has 4 heterocycles. The van der Waals surface area contributed by atoms with E-state index in [4.69, 9.17) is 9.41 Å². The van der Waals surface area contributed by atoms with Crippen molar-refractivity contribution in [3.63, 3.8) is 0 Å². The number of aliphatic imine (C=N–C) groups is 1. The number of amides is 3. The van der Waals surface area contributed by atoms with E-state index in [2.05, 4.69) is 0 Å². The van der Waals surface area contributed by atoms with Crippen molar-refractivity contribution in [3.05, 3.63) is 70.9 Å². The van der Waals surface area contributed by atoms with Gasteiger partial charge in [0.05, 0.1) is 12.8 Å². The Bertz CT molecular complexity index is 1240. The molecule has 0 saturated carbocycles. The van der Waals surface area contributed by atoms with E-state index < -0.39 is 6.04 Å². The van der Waals surface area contributed by atoms with E-state index >= 15 is 0 Å². The molecular formula is C23H24N5O3+. The molecule has 1 unspecified atom stereocenters. The fraction of sp³-hybridized carbons (Fsp3) is 0.304. The molecule has 0 radical (unpaired) electrons. The fourth-order valence-electron chi connectivity index (χ4n) is 4.39. The highest BCUT2D eigenvalue weighted by Gasteiger charge is 2.54. The number of furan rings is 1. The van der Waals surface area contributed by atoms with Gasteiger partial charge in [0.15, 0.2) is 0 Å². The van der Waals surface area contributed by atoms with Crippen LogP contribution in [-0.2, 0) is 17.9 Å². The molecule has 1 aromatic carbocycles. The SMILES string of the molecule is Cc1cccc(CN2C(=O)C3C(=Nc4n3c(C)c(C)[n+]4Cc3ccco3)N(C)C2=O)c1. The lowest BCUT2D eigenvalue weighted by atomic mass is 10.1. The Balaban J connectivity index is 1.55. The van der Waals surface area contributed by atoms with Gasteiger partial charge in [-0.3, -0.25) is 14.6 Å². The number of rotatable bonds is 4. The minimum Gasteiger partial charge on any atom is -0.466 e. The number of carbonyl (C=O) groups is 2. The number of imidazole rings is 1. The summed E-state index contributed by atoms with van der Waals surface area (Å²) in [4.78, 5) is 34.1. The van der Waals surface area contributed by atoms with Crippen molar-refractivity contribution in [3.8, 4) is 0 Å². The molecule has 8 heteroatoms. The van der Waals surface area contributed by atoms with Gasteiger partial charge in [-0.1, -0.05) is 34.8 Å². The molecule has 0 N–H and O–H groups in total. The summed E-state index contributed by atoms with van der Waals surface area (Å²) in [7, 11) is 1.68. The largest absolute Gasteiger partial charge is 0.466 e. The molecule has 1 fully saturated rings. The Hall–Kier alpha value is -3.68. The van der Waals surface area contributed by atoms with Gasteiger partial charge in [0.2, 0.25) is 11.9 Å². The molecule has 0 bridgehead atoms. The van der Waals surface area contributed by atoms with E-state index in [9.17, 15) is 9.59 Å². The van der Waals surface area contributed by atoms with E-state index in [1.807, 2.05) is 66.3 Å². The van der Waals surface area contributed by atoms with Crippen LogP contribution < -0.4 is 4.57 Å². The number of nitrogens with zero attached hydrogens (tertiary/aromatic N) is 5. The monoisotopic (exact) mass is 418 g/mol. The molecule has 1 saturated heterocycles. The third kappa shape index (κ3) is 2.90. The molecule has 3 amide bonds. The third-order valence-corrected chi connectivity index (χ3v) is 6.14. The average molecular weight is 418 g/mol. The summed E-state index contributed by atoms with van der Waals surface area (Å²) >= 11 is 0. The predicted molar refractivity (Wildman–Crippen MR) is 113 cm³/mol. The van der Waals surface area contributed by atoms with E-state index in [1.165, 1.54) is 9.80 Å². The number of aryl methyl sites for hydroxylation is 1. The first-order valence-electron chi connectivity index (χ1n) is 10.2. The summed E-state index contributed by atoms with van der Waals surface area (Å²) in [6.45, 7) is 6.71. The number of fused-ring (bicyclic) bond motifs is 3. The van der Waals surface area contributed by atoms with Gasteiger partial charge in [-0.15, -0.1) is 0 Å². The lowest BCUT2D eigenvalue weighted by Crippen LogP contribution is -2.57. The van der Waals surface area contributed by atoms with Gasteiger partial charge < -0.3 is 4.42 Å². The van der Waals surface area contributed by atoms with Gasteiger partial charge >= 0.3 is 12.0 Å². The van der Waals surface area contributed by atoms with Crippen molar-refractivity contribution in [2.45, 2.75) is 39.9 Å². The van der Waals surface area contributed by atoms with Crippen LogP contribution in [0.3, 0.4) is 0 Å². The summed E-state index contributed by atoms with van der Waals surface area (Å²) in [5.74, 6) is 1.65. The molecule has 0 aliphatic carbocycles. The van der Waals surface area contributed by atoms with Crippen molar-refractivity contribution >= 4 is 23.7 Å². The zero-order chi connectivity index (χ0) is 21.9. The Kier molecular flexibility index (Phi) is 4.32. The molecule has 2 aliphatic heterocycles. The quantitative estimate of drug-likeness (QED) is 0.612. The number of hydrogen-bond acceptors (Lipinski definition) is 4. The maximum Gasteiger partial charge on any atom is 0.402 e. The standard InChI is InChI=1S/C23H24N5O3/c1-14-7-5-8-17(11-14)12-27-21(29)19-20(25(4)23(27)30)24-22-26(13-18-9-6-10-31-18)15(2)16(3)28(19)22/h5-11,19H,12-13H2,1-4H3/q+1. The number of aromatic nitrogens is 2. The van der Waals surface area contributed by atoms with E-state index in [-0.39, 0.29) is 18.5 Å². The predicted octanol–water partition coefficient (Wildman–Crippen LogP) is 3.02. The second kappa shape index (κ2) is 6.94. The fourth-order valence-corrected chi connectivity index (χ4v) is 4.39. The minimum absolute atomic E-state index is 0.231. The van der Waals surface area contributed by atoms with Crippen molar-refractivity contribution in [1.29, 1.82) is 0 Å². The Morgan fingerprint density at radius 3 is 2.65 bits per heavy atom. The van der Waals surface area contributed by atoms with Crippen LogP contribution in [-0.4, -0.2) is 39.2 Å². The maximum atomic E-state index is 13.6. The smallest absolute Gasteiger partial charge is 0.402 e. The number of likely N-dealkylation sites (N-methyl/N-ethyl adjacent to an activating group) is 1. The molecule has 2 aliphatic rings. The second-order valence-electron chi connectivity index (χ2n) is 8.13. The van der Waals surface area contributed by atoms with Crippen LogP contribution in [0.5, 0.6) is 0 Å². The Morgan fingerprint density at radius 1 is 1.13 bits per heavy atom. The molecule has 31 heavy (non-hydrogen) atoms. The summed E-state index contributed by atoms with van der Waals surface area (Å²) in [5.41, 5.74) is 3.95. The van der Waals surface area contributed by atoms with Crippen LogP contribution in [0.25, 0.3) is 0 Å². The van der Waals surface area contributed by atoms with E-state index in [0.717, 1.165) is 28.3 Å². The van der Waals surface area contributed by atoms with E-state index in [0.29, 0.717) is 18.3 Å². The minimum atomic E-state index is -0.654. The number of urea groups is 1. The topological polar surface area (TPSA) is 74.9 Å². The van der Waals surface area contributed by atoms with Crippen molar-refractivity contribution in [2.24, 2.45) is 4.99 Å². The van der Waals surface area contributed by atoms with Gasteiger partial charge in [-0.05, 0) is 38.5 Å². The Labute approximate surface area is 180 Å². The number of carbonyl (C=O) groups excluding carboxylic acids is 2. The molecule has 8 nitrogen and oxygen atoms in total. The normalized spacial score (nSPS) is 17.8. The lowest BCUT2D eigenvalue weighted by molar-refractivity contribution is -0.682. The zero-order valence-corrected chi connectivity index (χ0v) is 18.0. The first kappa shape index (κ1) is 19.3. The number of benzene rings is 1. The van der Waals surface area contributed by atoms with Gasteiger partial charge in [-0.25, -0.2) is 13.9 Å². The summed E-state index contributed by atoms with van der Waals surface area (Å²) < 4.78 is 9.47. The summed E-state index contributed by atoms with van der Waals surface area (Å²) in [6.07, 6.45) is 1.64. The number of imide groups is 1. The molecule has 0 spiro atoms. The zero-order valence-electron chi connectivity index (χ0n) is 18.0. The van der Waals surface area contributed by atoms with Crippen LogP contribution in [0.2, 0.25) is 0 Å². The van der Waals surface area contributed by atoms with E-state index in [1.54, 1.807) is 13.3 Å². The lowest BCUT2D eigenvalue weighted by Gasteiger charge is -2.33. The van der Waals surface area contributed by atoms with Crippen LogP contribution >= 0.6 is 0 Å². The summed E-state index contributed by atoms with van der Waals surface area (Å²) in [6, 6.07) is 10.6. The number of hydrogen-bond donors (Lipinski definition) is 0. The highest BCUT2D eigenvalue weighted by molar-refractivity contribution is 6.20. The van der Waals surface area contributed by atoms with Crippen LogP contribution in [0.4, 0.5) is 10.7 Å². The van der Waals surface area contributed by atoms with Crippen LogP contribution in [0.15, 0.2) is 52.1 Å². The van der Waals surface area contributed by atoms with Crippen molar-refractivity contribution in [2.75, 3.05) is 7.05 Å². The van der Waals surface area contributed by atoms with Gasteiger partial charge in [-0.2, -0.15) is 0 Å². The summed E-state index contributed by atoms with van der Waals surface area (Å²) in [5, 5.41) is 0.